The van der Waals surface area contributed by atoms with Crippen molar-refractivity contribution in [1.82, 2.24) is 10.2 Å². The molecule has 0 fully saturated rings. The molecule has 0 bridgehead atoms. The lowest BCUT2D eigenvalue weighted by Crippen LogP contribution is -2.50. The topological polar surface area (TPSA) is 49.4 Å². The van der Waals surface area contributed by atoms with Crippen molar-refractivity contribution in [3.63, 3.8) is 0 Å². The number of carbonyl (C=O) groups is 2. The standard InChI is InChI=1S/C27H29ClN2O2S/c1-20-10-6-7-13-22(20)17-30(25(27(32)29-2)16-21-11-4-3-5-12-21)26(31)19-33-18-23-14-8-9-15-24(23)28/h3-15,25H,16-19H2,1-2H3,(H,29,32)/t25-/m0/s1. The Balaban J connectivity index is 1.83. The minimum Gasteiger partial charge on any atom is -0.357 e. The van der Waals surface area contributed by atoms with Gasteiger partial charge in [0.25, 0.3) is 0 Å². The van der Waals surface area contributed by atoms with Crippen LogP contribution in [0.15, 0.2) is 78.9 Å². The SMILES string of the molecule is CNC(=O)[C@H](Cc1ccccc1)N(Cc1ccccc1C)C(=O)CSCc1ccccc1Cl. The first kappa shape index (κ1) is 24.9. The molecular formula is C27H29ClN2O2S. The molecule has 0 spiro atoms. The van der Waals surface area contributed by atoms with Crippen LogP contribution in [0.3, 0.4) is 0 Å². The summed E-state index contributed by atoms with van der Waals surface area (Å²) in [6.07, 6.45) is 0.452. The summed E-state index contributed by atoms with van der Waals surface area (Å²) in [5.41, 5.74) is 4.13. The van der Waals surface area contributed by atoms with E-state index in [1.807, 2.05) is 85.8 Å². The number of rotatable bonds is 10. The molecule has 3 aromatic carbocycles. The smallest absolute Gasteiger partial charge is 0.242 e. The van der Waals surface area contributed by atoms with E-state index in [-0.39, 0.29) is 17.6 Å². The van der Waals surface area contributed by atoms with Crippen LogP contribution >= 0.6 is 23.4 Å². The number of carbonyl (C=O) groups excluding carboxylic acids is 2. The van der Waals surface area contributed by atoms with Gasteiger partial charge in [-0.15, -0.1) is 11.8 Å². The zero-order chi connectivity index (χ0) is 23.6. The quantitative estimate of drug-likeness (QED) is 0.430. The molecule has 0 aliphatic carbocycles. The number of likely N-dealkylation sites (N-methyl/N-ethyl adjacent to an activating group) is 1. The second-order valence-electron chi connectivity index (χ2n) is 7.85. The maximum atomic E-state index is 13.5. The molecule has 1 N–H and O–H groups in total. The van der Waals surface area contributed by atoms with Crippen LogP contribution in [0, 0.1) is 6.92 Å². The van der Waals surface area contributed by atoms with Crippen LogP contribution in [0.2, 0.25) is 5.02 Å². The molecule has 0 unspecified atom stereocenters. The maximum absolute atomic E-state index is 13.5. The monoisotopic (exact) mass is 480 g/mol. The predicted molar refractivity (Wildman–Crippen MR) is 137 cm³/mol. The normalized spacial score (nSPS) is 11.6. The Kier molecular flexibility index (Phi) is 9.40. The molecule has 0 aliphatic rings. The average Bonchev–Trinajstić information content (AvgIpc) is 2.83. The van der Waals surface area contributed by atoms with Gasteiger partial charge in [0, 0.05) is 30.8 Å². The van der Waals surface area contributed by atoms with E-state index in [2.05, 4.69) is 5.32 Å². The van der Waals surface area contributed by atoms with Gasteiger partial charge in [0.15, 0.2) is 0 Å². The Labute approximate surface area is 205 Å². The summed E-state index contributed by atoms with van der Waals surface area (Å²) < 4.78 is 0. The van der Waals surface area contributed by atoms with Gasteiger partial charge in [-0.25, -0.2) is 0 Å². The molecule has 0 aromatic heterocycles. The van der Waals surface area contributed by atoms with Crippen LogP contribution in [-0.2, 0) is 28.3 Å². The van der Waals surface area contributed by atoms with E-state index >= 15 is 0 Å². The highest BCUT2D eigenvalue weighted by molar-refractivity contribution is 7.99. The van der Waals surface area contributed by atoms with Crippen LogP contribution in [0.1, 0.15) is 22.3 Å². The summed E-state index contributed by atoms with van der Waals surface area (Å²) in [5, 5.41) is 3.45. The fourth-order valence-corrected chi connectivity index (χ4v) is 4.83. The lowest BCUT2D eigenvalue weighted by atomic mass is 10.0. The molecule has 0 aliphatic heterocycles. The number of thioether (sulfide) groups is 1. The van der Waals surface area contributed by atoms with Crippen molar-refractivity contribution in [3.8, 4) is 0 Å². The first-order valence-electron chi connectivity index (χ1n) is 10.9. The Morgan fingerprint density at radius 2 is 1.58 bits per heavy atom. The molecule has 0 saturated carbocycles. The third-order valence-corrected chi connectivity index (χ3v) is 6.90. The van der Waals surface area contributed by atoms with Gasteiger partial charge < -0.3 is 10.2 Å². The van der Waals surface area contributed by atoms with E-state index in [1.165, 1.54) is 11.8 Å². The van der Waals surface area contributed by atoms with E-state index in [0.29, 0.717) is 23.7 Å². The van der Waals surface area contributed by atoms with Gasteiger partial charge in [-0.2, -0.15) is 0 Å². The average molecular weight is 481 g/mol. The molecule has 172 valence electrons. The minimum atomic E-state index is -0.606. The van der Waals surface area contributed by atoms with Gasteiger partial charge in [0.2, 0.25) is 11.8 Å². The third-order valence-electron chi connectivity index (χ3n) is 5.56. The number of nitrogens with one attached hydrogen (secondary N) is 1. The van der Waals surface area contributed by atoms with Crippen LogP contribution in [0.4, 0.5) is 0 Å². The summed E-state index contributed by atoms with van der Waals surface area (Å²) in [5.74, 6) is 0.656. The molecule has 3 aromatic rings. The lowest BCUT2D eigenvalue weighted by molar-refractivity contribution is -0.139. The lowest BCUT2D eigenvalue weighted by Gasteiger charge is -2.31. The number of hydrogen-bond acceptors (Lipinski definition) is 3. The molecule has 0 radical (unpaired) electrons. The zero-order valence-corrected chi connectivity index (χ0v) is 20.5. The van der Waals surface area contributed by atoms with Crippen molar-refractivity contribution < 1.29 is 9.59 Å². The van der Waals surface area contributed by atoms with E-state index in [0.717, 1.165) is 22.3 Å². The molecule has 1 atom stereocenters. The van der Waals surface area contributed by atoms with Crippen LogP contribution in [0.5, 0.6) is 0 Å². The van der Waals surface area contributed by atoms with Crippen molar-refractivity contribution in [2.45, 2.75) is 31.7 Å². The van der Waals surface area contributed by atoms with E-state index in [4.69, 9.17) is 11.6 Å². The van der Waals surface area contributed by atoms with Crippen LogP contribution in [0.25, 0.3) is 0 Å². The summed E-state index contributed by atoms with van der Waals surface area (Å²) in [6.45, 7) is 2.40. The summed E-state index contributed by atoms with van der Waals surface area (Å²) in [4.78, 5) is 28.1. The fourth-order valence-electron chi connectivity index (χ4n) is 3.64. The van der Waals surface area contributed by atoms with Gasteiger partial charge in [-0.3, -0.25) is 9.59 Å². The number of aryl methyl sites for hydroxylation is 1. The van der Waals surface area contributed by atoms with Crippen molar-refractivity contribution >= 4 is 35.2 Å². The predicted octanol–water partition coefficient (Wildman–Crippen LogP) is 5.27. The van der Waals surface area contributed by atoms with Gasteiger partial charge in [-0.1, -0.05) is 84.4 Å². The number of amides is 2. The second kappa shape index (κ2) is 12.5. The van der Waals surface area contributed by atoms with Crippen molar-refractivity contribution in [3.05, 3.63) is 106 Å². The first-order chi connectivity index (χ1) is 16.0. The van der Waals surface area contributed by atoms with Crippen LogP contribution < -0.4 is 5.32 Å². The Morgan fingerprint density at radius 3 is 2.24 bits per heavy atom. The zero-order valence-electron chi connectivity index (χ0n) is 19.0. The minimum absolute atomic E-state index is 0.0696. The highest BCUT2D eigenvalue weighted by Crippen LogP contribution is 2.23. The molecule has 2 amide bonds. The van der Waals surface area contributed by atoms with E-state index in [1.54, 1.807) is 11.9 Å². The van der Waals surface area contributed by atoms with Gasteiger partial charge in [0.05, 0.1) is 5.75 Å². The maximum Gasteiger partial charge on any atom is 0.242 e. The molecule has 4 nitrogen and oxygen atoms in total. The Bertz CT molecular complexity index is 1070. The fraction of sp³-hybridized carbons (Fsp3) is 0.259. The summed E-state index contributed by atoms with van der Waals surface area (Å²) in [7, 11) is 1.61. The molecule has 0 saturated heterocycles. The number of hydrogen-bond donors (Lipinski definition) is 1. The van der Waals surface area contributed by atoms with Crippen molar-refractivity contribution in [2.75, 3.05) is 12.8 Å². The van der Waals surface area contributed by atoms with E-state index in [9.17, 15) is 9.59 Å². The molecular weight excluding hydrogens is 452 g/mol. The van der Waals surface area contributed by atoms with Gasteiger partial charge in [-0.05, 0) is 35.2 Å². The highest BCUT2D eigenvalue weighted by Gasteiger charge is 2.30. The second-order valence-corrected chi connectivity index (χ2v) is 9.24. The molecule has 33 heavy (non-hydrogen) atoms. The first-order valence-corrected chi connectivity index (χ1v) is 12.4. The molecule has 3 rings (SSSR count). The van der Waals surface area contributed by atoms with Gasteiger partial charge >= 0.3 is 0 Å². The summed E-state index contributed by atoms with van der Waals surface area (Å²) >= 11 is 7.77. The van der Waals surface area contributed by atoms with Crippen molar-refractivity contribution in [1.29, 1.82) is 0 Å². The van der Waals surface area contributed by atoms with Crippen molar-refractivity contribution in [2.24, 2.45) is 0 Å². The number of nitrogens with zero attached hydrogens (tertiary/aromatic N) is 1. The third kappa shape index (κ3) is 7.11. The molecule has 6 heteroatoms. The number of benzene rings is 3. The molecule has 0 heterocycles. The highest BCUT2D eigenvalue weighted by atomic mass is 35.5. The Morgan fingerprint density at radius 1 is 0.939 bits per heavy atom. The van der Waals surface area contributed by atoms with E-state index < -0.39 is 6.04 Å². The van der Waals surface area contributed by atoms with Gasteiger partial charge in [0.1, 0.15) is 6.04 Å². The number of halogens is 1. The summed E-state index contributed by atoms with van der Waals surface area (Å²) in [6, 6.07) is 24.8. The van der Waals surface area contributed by atoms with Crippen LogP contribution in [-0.4, -0.2) is 35.6 Å². The largest absolute Gasteiger partial charge is 0.357 e. The Hall–Kier alpha value is -2.76.